The van der Waals surface area contributed by atoms with Gasteiger partial charge < -0.3 is 9.13 Å². The summed E-state index contributed by atoms with van der Waals surface area (Å²) in [6.07, 6.45) is 3.55. The Balaban J connectivity index is 0.00000387. The zero-order chi connectivity index (χ0) is 34.1. The monoisotopic (exact) mass is 865 g/mol. The van der Waals surface area contributed by atoms with Crippen LogP contribution in [0.1, 0.15) is 0 Å². The van der Waals surface area contributed by atoms with Gasteiger partial charge in [-0.15, -0.1) is 57.0 Å². The van der Waals surface area contributed by atoms with Gasteiger partial charge in [-0.05, 0) is 34.7 Å². The molecule has 0 N–H and O–H groups in total. The summed E-state index contributed by atoms with van der Waals surface area (Å²) in [4.78, 5) is 10.2. The first kappa shape index (κ1) is 33.1. The van der Waals surface area contributed by atoms with Gasteiger partial charge in [0.1, 0.15) is 17.8 Å². The van der Waals surface area contributed by atoms with E-state index < -0.39 is 0 Å². The molecule has 0 aliphatic rings. The number of hydrogen-bond donors (Lipinski definition) is 0. The van der Waals surface area contributed by atoms with Gasteiger partial charge in [0, 0.05) is 22.8 Å². The van der Waals surface area contributed by atoms with E-state index in [9.17, 15) is 0 Å². The van der Waals surface area contributed by atoms with Gasteiger partial charge in [-0.25, -0.2) is 4.98 Å². The van der Waals surface area contributed by atoms with Crippen molar-refractivity contribution in [1.82, 2.24) is 24.3 Å². The van der Waals surface area contributed by atoms with E-state index in [0.717, 1.165) is 65.4 Å². The fourth-order valence-corrected chi connectivity index (χ4v) is 7.49. The Labute approximate surface area is 319 Å². The summed E-state index contributed by atoms with van der Waals surface area (Å²) in [5.74, 6) is 1.42. The second kappa shape index (κ2) is 14.3. The number of aromatic nitrogens is 5. The van der Waals surface area contributed by atoms with Crippen molar-refractivity contribution in [2.75, 3.05) is 0 Å². The first-order chi connectivity index (χ1) is 25.2. The molecule has 6 nitrogen and oxygen atoms in total. The third-order valence-electron chi connectivity index (χ3n) is 8.85. The minimum absolute atomic E-state index is 0. The fraction of sp³-hybridized carbons (Fsp3) is 0. The summed E-state index contributed by atoms with van der Waals surface area (Å²) in [5.41, 5.74) is 8.36. The van der Waals surface area contributed by atoms with Gasteiger partial charge in [0.25, 0.3) is 0 Å². The molecule has 0 atom stereocenters. The minimum Gasteiger partial charge on any atom is -0.322 e. The smallest absolute Gasteiger partial charge is 0.322 e. The number of para-hydroxylation sites is 2. The Hall–Kier alpha value is -6.06. The van der Waals surface area contributed by atoms with Crippen LogP contribution in [0.5, 0.6) is 0 Å². The number of nitrogens with zero attached hydrogens (tertiary/aromatic N) is 6. The first-order valence-corrected chi connectivity index (χ1v) is 17.2. The van der Waals surface area contributed by atoms with E-state index >= 15 is 0 Å². The molecule has 0 aliphatic carbocycles. The van der Waals surface area contributed by atoms with Crippen LogP contribution in [-0.4, -0.2) is 24.3 Å². The molecule has 248 valence electrons. The molecule has 8 heteroatoms. The van der Waals surface area contributed by atoms with E-state index in [4.69, 9.17) is 6.57 Å². The molecular weight excluding hydrogens is 840 g/mol. The predicted octanol–water partition coefficient (Wildman–Crippen LogP) is 11.1. The summed E-state index contributed by atoms with van der Waals surface area (Å²) in [7, 11) is 0. The second-order valence-electron chi connectivity index (χ2n) is 11.9. The van der Waals surface area contributed by atoms with Crippen molar-refractivity contribution in [3.8, 4) is 45.1 Å². The molecule has 3 aromatic heterocycles. The van der Waals surface area contributed by atoms with Gasteiger partial charge >= 0.3 is 21.1 Å². The van der Waals surface area contributed by atoms with E-state index in [0.29, 0.717) is 17.1 Å². The van der Waals surface area contributed by atoms with Crippen molar-refractivity contribution < 1.29 is 21.1 Å². The Morgan fingerprint density at radius 3 is 2.08 bits per heavy atom. The maximum atomic E-state index is 7.99. The topological polar surface area (TPSA) is 52.9 Å². The van der Waals surface area contributed by atoms with Crippen LogP contribution in [0.15, 0.2) is 168 Å². The van der Waals surface area contributed by atoms with Crippen LogP contribution in [-0.2, 0) is 21.1 Å². The van der Waals surface area contributed by atoms with Crippen molar-refractivity contribution in [2.24, 2.45) is 0 Å². The van der Waals surface area contributed by atoms with E-state index in [-0.39, 0.29) is 21.1 Å². The quantitative estimate of drug-likeness (QED) is 0.150. The summed E-state index contributed by atoms with van der Waals surface area (Å²) >= 11 is 1.51. The van der Waals surface area contributed by atoms with Gasteiger partial charge in [-0.2, -0.15) is 17.2 Å². The third kappa shape index (κ3) is 6.03. The summed E-state index contributed by atoms with van der Waals surface area (Å²) in [6.45, 7) is 7.99. The molecular formula is C44H26N6PtS. The normalized spacial score (nSPS) is 11.0. The zero-order valence-electron chi connectivity index (χ0n) is 27.4. The van der Waals surface area contributed by atoms with E-state index in [1.54, 1.807) is 12.5 Å². The van der Waals surface area contributed by atoms with E-state index in [1.807, 2.05) is 77.4 Å². The van der Waals surface area contributed by atoms with Gasteiger partial charge in [-0.1, -0.05) is 114 Å². The molecule has 0 saturated heterocycles. The molecule has 9 aromatic rings. The van der Waals surface area contributed by atoms with Crippen molar-refractivity contribution in [1.29, 1.82) is 0 Å². The number of fused-ring (bicyclic) bond motifs is 3. The number of benzene rings is 6. The van der Waals surface area contributed by atoms with Gasteiger partial charge in [0.05, 0.1) is 18.1 Å². The molecule has 0 aliphatic heterocycles. The number of rotatable bonds is 7. The molecule has 0 spiro atoms. The summed E-state index contributed by atoms with van der Waals surface area (Å²) < 4.78 is 4.17. The van der Waals surface area contributed by atoms with Gasteiger partial charge in [0.15, 0.2) is 0 Å². The minimum atomic E-state index is 0. The number of hydrogen-bond acceptors (Lipinski definition) is 4. The summed E-state index contributed by atoms with van der Waals surface area (Å²) in [6, 6.07) is 56.4. The van der Waals surface area contributed by atoms with E-state index in [1.165, 1.54) is 11.8 Å². The zero-order valence-corrected chi connectivity index (χ0v) is 30.5. The third-order valence-corrected chi connectivity index (χ3v) is 9.75. The Morgan fingerprint density at radius 1 is 0.654 bits per heavy atom. The largest absolute Gasteiger partial charge is 2.00 e. The molecule has 0 saturated carbocycles. The molecule has 52 heavy (non-hydrogen) atoms. The summed E-state index contributed by atoms with van der Waals surface area (Å²) in [5, 5.41) is 11.3. The van der Waals surface area contributed by atoms with E-state index in [2.05, 4.69) is 110 Å². The van der Waals surface area contributed by atoms with Crippen LogP contribution in [0.25, 0.3) is 71.8 Å². The first-order valence-electron chi connectivity index (χ1n) is 16.4. The molecule has 3 heterocycles. The standard InChI is InChI=1S/C44H26N6S.Pt/c1-45-33-25-32(44-48-47-29-49(44)43-36(30-13-4-2-5-14-30)18-12-19-37(43)31-15-6-3-7-16-31)26-35(27-33)51-34-22-23-39-38-17-8-9-20-40(38)50(41(39)28-34)42-21-10-11-24-46-42;/h2-25,27,29H;/q-2;+2. The molecule has 9 rings (SSSR count). The van der Waals surface area contributed by atoms with Crippen LogP contribution >= 0.6 is 11.8 Å². The average Bonchev–Trinajstić information content (AvgIpc) is 3.81. The molecule has 0 fully saturated rings. The Kier molecular flexibility index (Phi) is 9.09. The predicted molar refractivity (Wildman–Crippen MR) is 204 cm³/mol. The van der Waals surface area contributed by atoms with Crippen LogP contribution in [0, 0.1) is 18.7 Å². The van der Waals surface area contributed by atoms with Crippen molar-refractivity contribution in [3.05, 3.63) is 182 Å². The number of pyridine rings is 1. The van der Waals surface area contributed by atoms with Crippen LogP contribution in [0.2, 0.25) is 0 Å². The van der Waals surface area contributed by atoms with Crippen molar-refractivity contribution in [3.63, 3.8) is 0 Å². The molecule has 6 aromatic carbocycles. The van der Waals surface area contributed by atoms with Crippen LogP contribution in [0.3, 0.4) is 0 Å². The average molecular weight is 866 g/mol. The Morgan fingerprint density at radius 2 is 1.37 bits per heavy atom. The van der Waals surface area contributed by atoms with Crippen molar-refractivity contribution in [2.45, 2.75) is 9.79 Å². The fourth-order valence-electron chi connectivity index (χ4n) is 6.63. The molecule has 0 radical (unpaired) electrons. The Bertz CT molecular complexity index is 2680. The van der Waals surface area contributed by atoms with Gasteiger partial charge in [-0.3, -0.25) is 4.85 Å². The molecule has 0 bridgehead atoms. The second-order valence-corrected chi connectivity index (χ2v) is 13.0. The van der Waals surface area contributed by atoms with Gasteiger partial charge in [0.2, 0.25) is 0 Å². The molecule has 0 amide bonds. The van der Waals surface area contributed by atoms with Crippen LogP contribution < -0.4 is 0 Å². The van der Waals surface area contributed by atoms with Crippen molar-refractivity contribution >= 4 is 39.3 Å². The van der Waals surface area contributed by atoms with Crippen LogP contribution in [0.4, 0.5) is 5.69 Å². The maximum absolute atomic E-state index is 7.99. The molecule has 0 unspecified atom stereocenters. The SMILES string of the molecule is [C-]#[N+]c1cc(Sc2[c-]c3c(cc2)c2ccccc2n3-c2ccccn2)[c-]c(-c2nncn2-c2c(-c3ccccc3)cccc2-c2ccccc2)c1.[Pt+2]. The maximum Gasteiger partial charge on any atom is 2.00 e.